The molecule has 0 saturated heterocycles. The van der Waals surface area contributed by atoms with E-state index in [4.69, 9.17) is 4.74 Å². The summed E-state index contributed by atoms with van der Waals surface area (Å²) in [7, 11) is 1.47. The number of methoxy groups -OCH3 is 1. The maximum Gasteiger partial charge on any atom is 0.131 e. The second-order valence-electron chi connectivity index (χ2n) is 3.92. The largest absolute Gasteiger partial charge is 0.497 e. The van der Waals surface area contributed by atoms with Crippen LogP contribution >= 0.6 is 31.9 Å². The predicted molar refractivity (Wildman–Crippen MR) is 77.8 cm³/mol. The summed E-state index contributed by atoms with van der Waals surface area (Å²) in [5, 5.41) is 0. The third-order valence-electron chi connectivity index (χ3n) is 2.72. The van der Waals surface area contributed by atoms with Gasteiger partial charge in [-0.1, -0.05) is 44.0 Å². The standard InChI is InChI=1S/C14H10Br2F2O/c1-19-9-3-5-11(13(18)7-9)14(16)10-4-2-8(15)6-12(10)17/h2-7,14H,1H3. The lowest BCUT2D eigenvalue weighted by molar-refractivity contribution is 0.411. The summed E-state index contributed by atoms with van der Waals surface area (Å²) in [5.41, 5.74) is 0.745. The van der Waals surface area contributed by atoms with Crippen molar-refractivity contribution >= 4 is 31.9 Å². The summed E-state index contributed by atoms with van der Waals surface area (Å²) in [6, 6.07) is 9.18. The van der Waals surface area contributed by atoms with Crippen LogP contribution in [0.15, 0.2) is 40.9 Å². The van der Waals surface area contributed by atoms with Crippen molar-refractivity contribution in [2.45, 2.75) is 4.83 Å². The molecule has 0 bridgehead atoms. The topological polar surface area (TPSA) is 9.23 Å². The molecule has 2 rings (SSSR count). The van der Waals surface area contributed by atoms with Crippen molar-refractivity contribution < 1.29 is 13.5 Å². The van der Waals surface area contributed by atoms with Gasteiger partial charge in [-0.2, -0.15) is 0 Å². The second-order valence-corrected chi connectivity index (χ2v) is 5.75. The van der Waals surface area contributed by atoms with E-state index in [1.54, 1.807) is 24.3 Å². The average Bonchev–Trinajstić information content (AvgIpc) is 2.37. The fourth-order valence-corrected chi connectivity index (χ4v) is 2.79. The lowest BCUT2D eigenvalue weighted by atomic mass is 10.0. The molecule has 19 heavy (non-hydrogen) atoms. The van der Waals surface area contributed by atoms with Crippen LogP contribution in [0.2, 0.25) is 0 Å². The molecular weight excluding hydrogens is 382 g/mol. The highest BCUT2D eigenvalue weighted by Crippen LogP contribution is 2.35. The molecular formula is C14H10Br2F2O. The number of hydrogen-bond acceptors (Lipinski definition) is 1. The van der Waals surface area contributed by atoms with Gasteiger partial charge in [0, 0.05) is 21.7 Å². The zero-order chi connectivity index (χ0) is 14.0. The summed E-state index contributed by atoms with van der Waals surface area (Å²) < 4.78 is 33.4. The molecule has 0 aliphatic rings. The smallest absolute Gasteiger partial charge is 0.131 e. The molecule has 0 radical (unpaired) electrons. The number of halogens is 4. The van der Waals surface area contributed by atoms with Crippen molar-refractivity contribution in [1.29, 1.82) is 0 Å². The minimum absolute atomic E-state index is 0.363. The molecule has 1 unspecified atom stereocenters. The van der Waals surface area contributed by atoms with E-state index in [0.29, 0.717) is 21.3 Å². The minimum Gasteiger partial charge on any atom is -0.497 e. The minimum atomic E-state index is -0.550. The van der Waals surface area contributed by atoms with E-state index in [1.165, 1.54) is 19.2 Å². The van der Waals surface area contributed by atoms with E-state index < -0.39 is 16.5 Å². The van der Waals surface area contributed by atoms with E-state index in [0.717, 1.165) is 0 Å². The summed E-state index contributed by atoms with van der Waals surface area (Å²) in [6.45, 7) is 0. The molecule has 0 aliphatic heterocycles. The first-order valence-electron chi connectivity index (χ1n) is 5.45. The quantitative estimate of drug-likeness (QED) is 0.651. The molecule has 0 aliphatic carbocycles. The first kappa shape index (κ1) is 14.5. The number of ether oxygens (including phenoxy) is 1. The van der Waals surface area contributed by atoms with Gasteiger partial charge in [0.1, 0.15) is 17.4 Å². The van der Waals surface area contributed by atoms with Gasteiger partial charge in [0.05, 0.1) is 11.9 Å². The average molecular weight is 392 g/mol. The Morgan fingerprint density at radius 3 is 2.11 bits per heavy atom. The van der Waals surface area contributed by atoms with Crippen LogP contribution in [0.5, 0.6) is 5.75 Å². The molecule has 2 aromatic rings. The van der Waals surface area contributed by atoms with E-state index in [-0.39, 0.29) is 0 Å². The zero-order valence-corrected chi connectivity index (χ0v) is 13.1. The molecule has 0 heterocycles. The van der Waals surface area contributed by atoms with Crippen molar-refractivity contribution in [2.75, 3.05) is 7.11 Å². The molecule has 0 aromatic heterocycles. The molecule has 0 N–H and O–H groups in total. The summed E-state index contributed by atoms with van der Waals surface area (Å²) in [5.74, 6) is -0.410. The van der Waals surface area contributed by atoms with Crippen molar-refractivity contribution in [2.24, 2.45) is 0 Å². The highest BCUT2D eigenvalue weighted by molar-refractivity contribution is 9.10. The third-order valence-corrected chi connectivity index (χ3v) is 4.20. The Kier molecular flexibility index (Phi) is 4.58. The Bertz CT molecular complexity index is 602. The van der Waals surface area contributed by atoms with Crippen LogP contribution in [-0.2, 0) is 0 Å². The van der Waals surface area contributed by atoms with Gasteiger partial charge in [0.2, 0.25) is 0 Å². The van der Waals surface area contributed by atoms with Gasteiger partial charge in [0.15, 0.2) is 0 Å². The van der Waals surface area contributed by atoms with Crippen molar-refractivity contribution in [3.8, 4) is 5.75 Å². The lowest BCUT2D eigenvalue weighted by Gasteiger charge is -2.13. The monoisotopic (exact) mass is 390 g/mol. The Morgan fingerprint density at radius 1 is 1.00 bits per heavy atom. The fraction of sp³-hybridized carbons (Fsp3) is 0.143. The molecule has 100 valence electrons. The van der Waals surface area contributed by atoms with Crippen LogP contribution in [0.4, 0.5) is 8.78 Å². The van der Waals surface area contributed by atoms with Crippen LogP contribution in [-0.4, -0.2) is 7.11 Å². The first-order chi connectivity index (χ1) is 9.02. The maximum absolute atomic E-state index is 13.9. The highest BCUT2D eigenvalue weighted by atomic mass is 79.9. The molecule has 0 amide bonds. The van der Waals surface area contributed by atoms with Crippen molar-refractivity contribution in [3.05, 3.63) is 63.6 Å². The summed E-state index contributed by atoms with van der Waals surface area (Å²) in [6.07, 6.45) is 0. The van der Waals surface area contributed by atoms with Crippen LogP contribution in [0.1, 0.15) is 16.0 Å². The Labute approximate surface area is 126 Å². The summed E-state index contributed by atoms with van der Waals surface area (Å²) >= 11 is 6.52. The highest BCUT2D eigenvalue weighted by Gasteiger charge is 2.18. The summed E-state index contributed by atoms with van der Waals surface area (Å²) in [4.78, 5) is -0.550. The Balaban J connectivity index is 2.41. The normalized spacial score (nSPS) is 12.3. The zero-order valence-electron chi connectivity index (χ0n) is 9.96. The van der Waals surface area contributed by atoms with E-state index in [1.807, 2.05) is 0 Å². The lowest BCUT2D eigenvalue weighted by Crippen LogP contribution is -2.00. The fourth-order valence-electron chi connectivity index (χ4n) is 1.71. The predicted octanol–water partition coefficient (Wildman–Crippen LogP) is 5.22. The van der Waals surface area contributed by atoms with Crippen LogP contribution in [0, 0.1) is 11.6 Å². The number of rotatable bonds is 3. The van der Waals surface area contributed by atoms with E-state index in [9.17, 15) is 8.78 Å². The second kappa shape index (κ2) is 6.01. The number of alkyl halides is 1. The van der Waals surface area contributed by atoms with Crippen molar-refractivity contribution in [1.82, 2.24) is 0 Å². The van der Waals surface area contributed by atoms with Gasteiger partial charge in [-0.05, 0) is 18.2 Å². The van der Waals surface area contributed by atoms with E-state index >= 15 is 0 Å². The van der Waals surface area contributed by atoms with Crippen LogP contribution in [0.3, 0.4) is 0 Å². The molecule has 0 spiro atoms. The SMILES string of the molecule is COc1ccc(C(Br)c2ccc(Br)cc2F)c(F)c1. The van der Waals surface area contributed by atoms with Gasteiger partial charge >= 0.3 is 0 Å². The van der Waals surface area contributed by atoms with Crippen molar-refractivity contribution in [3.63, 3.8) is 0 Å². The van der Waals surface area contributed by atoms with Gasteiger partial charge in [-0.3, -0.25) is 0 Å². The maximum atomic E-state index is 13.9. The number of benzene rings is 2. The van der Waals surface area contributed by atoms with Gasteiger partial charge in [0.25, 0.3) is 0 Å². The first-order valence-corrected chi connectivity index (χ1v) is 7.16. The molecule has 2 aromatic carbocycles. The molecule has 0 fully saturated rings. The number of hydrogen-bond donors (Lipinski definition) is 0. The van der Waals surface area contributed by atoms with Gasteiger partial charge in [-0.25, -0.2) is 8.78 Å². The molecule has 5 heteroatoms. The van der Waals surface area contributed by atoms with E-state index in [2.05, 4.69) is 31.9 Å². The van der Waals surface area contributed by atoms with Gasteiger partial charge < -0.3 is 4.74 Å². The molecule has 1 atom stereocenters. The van der Waals surface area contributed by atoms with Crippen LogP contribution < -0.4 is 4.74 Å². The Morgan fingerprint density at radius 2 is 1.58 bits per heavy atom. The molecule has 0 saturated carbocycles. The molecule has 1 nitrogen and oxygen atoms in total. The Hall–Kier alpha value is -0.940. The van der Waals surface area contributed by atoms with Gasteiger partial charge in [-0.15, -0.1) is 0 Å². The third kappa shape index (κ3) is 3.15. The van der Waals surface area contributed by atoms with Crippen LogP contribution in [0.25, 0.3) is 0 Å².